The first-order valence-corrected chi connectivity index (χ1v) is 12.6. The number of amides is 1. The molecule has 0 aliphatic heterocycles. The van der Waals surface area contributed by atoms with Crippen LogP contribution in [0.1, 0.15) is 32.7 Å². The van der Waals surface area contributed by atoms with E-state index < -0.39 is 16.1 Å². The highest BCUT2D eigenvalue weighted by Crippen LogP contribution is 2.27. The molecule has 0 bridgehead atoms. The van der Waals surface area contributed by atoms with Crippen LogP contribution in [-0.2, 0) is 14.8 Å². The van der Waals surface area contributed by atoms with Gasteiger partial charge in [0.2, 0.25) is 27.6 Å². The van der Waals surface area contributed by atoms with Crippen LogP contribution in [0.2, 0.25) is 0 Å². The number of nitrogens with zero attached hydrogens (tertiary/aromatic N) is 2. The Bertz CT molecular complexity index is 1400. The molecule has 4 rings (SSSR count). The standard InChI is InChI=1S/C26H26N4O4S/c1-17(2)24(26-28-25(29-34-26)21-7-5-4-6-8-21)30-35(32,33)23-15-11-20(12-16-23)19-9-13-22(14-10-19)27-18(3)31/h4-17,24,30H,1-3H3,(H,27,31)/t24-/m1/s1. The molecule has 1 amide bonds. The number of carbonyl (C=O) groups excluding carboxylic acids is 1. The van der Waals surface area contributed by atoms with Crippen LogP contribution in [0.25, 0.3) is 22.5 Å². The second-order valence-electron chi connectivity index (χ2n) is 8.45. The molecule has 0 spiro atoms. The highest BCUT2D eigenvalue weighted by atomic mass is 32.2. The summed E-state index contributed by atoms with van der Waals surface area (Å²) in [6.07, 6.45) is 0. The third kappa shape index (κ3) is 5.82. The van der Waals surface area contributed by atoms with E-state index in [1.807, 2.05) is 56.3 Å². The molecule has 0 unspecified atom stereocenters. The Morgan fingerprint density at radius 2 is 1.46 bits per heavy atom. The second-order valence-corrected chi connectivity index (χ2v) is 10.2. The Hall–Kier alpha value is -3.82. The minimum Gasteiger partial charge on any atom is -0.337 e. The molecule has 1 heterocycles. The molecule has 35 heavy (non-hydrogen) atoms. The monoisotopic (exact) mass is 490 g/mol. The summed E-state index contributed by atoms with van der Waals surface area (Å²) < 4.78 is 34.4. The normalized spacial score (nSPS) is 12.5. The number of hydrogen-bond acceptors (Lipinski definition) is 6. The Balaban J connectivity index is 1.52. The fourth-order valence-electron chi connectivity index (χ4n) is 3.55. The van der Waals surface area contributed by atoms with Gasteiger partial charge in [-0.15, -0.1) is 0 Å². The molecule has 8 nitrogen and oxygen atoms in total. The van der Waals surface area contributed by atoms with Crippen molar-refractivity contribution in [3.8, 4) is 22.5 Å². The van der Waals surface area contributed by atoms with Crippen molar-refractivity contribution in [2.75, 3.05) is 5.32 Å². The summed E-state index contributed by atoms with van der Waals surface area (Å²) in [5.74, 6) is 0.337. The average molecular weight is 491 g/mol. The zero-order chi connectivity index (χ0) is 25.0. The molecule has 1 atom stereocenters. The average Bonchev–Trinajstić information content (AvgIpc) is 3.33. The predicted octanol–water partition coefficient (Wildman–Crippen LogP) is 5.04. The lowest BCUT2D eigenvalue weighted by atomic mass is 10.1. The van der Waals surface area contributed by atoms with Crippen LogP contribution in [-0.4, -0.2) is 24.5 Å². The smallest absolute Gasteiger partial charge is 0.245 e. The number of rotatable bonds is 8. The third-order valence-electron chi connectivity index (χ3n) is 5.39. The maximum Gasteiger partial charge on any atom is 0.245 e. The number of anilines is 1. The number of nitrogens with one attached hydrogen (secondary N) is 2. The van der Waals surface area contributed by atoms with Crippen molar-refractivity contribution in [2.24, 2.45) is 5.92 Å². The van der Waals surface area contributed by atoms with Crippen molar-refractivity contribution in [3.05, 3.63) is 84.8 Å². The number of sulfonamides is 1. The first-order valence-electron chi connectivity index (χ1n) is 11.1. The molecule has 9 heteroatoms. The number of hydrogen-bond donors (Lipinski definition) is 2. The molecule has 0 saturated carbocycles. The fourth-order valence-corrected chi connectivity index (χ4v) is 4.89. The first kappa shape index (κ1) is 24.3. The summed E-state index contributed by atoms with van der Waals surface area (Å²) in [7, 11) is -3.85. The lowest BCUT2D eigenvalue weighted by Gasteiger charge is -2.18. The van der Waals surface area contributed by atoms with E-state index >= 15 is 0 Å². The van der Waals surface area contributed by atoms with Gasteiger partial charge in [0.15, 0.2) is 0 Å². The molecule has 1 aromatic heterocycles. The van der Waals surface area contributed by atoms with Gasteiger partial charge in [-0.05, 0) is 41.3 Å². The van der Waals surface area contributed by atoms with Crippen LogP contribution in [0.4, 0.5) is 5.69 Å². The van der Waals surface area contributed by atoms with Crippen LogP contribution in [0.3, 0.4) is 0 Å². The third-order valence-corrected chi connectivity index (χ3v) is 6.85. The van der Waals surface area contributed by atoms with Gasteiger partial charge in [-0.2, -0.15) is 9.71 Å². The summed E-state index contributed by atoms with van der Waals surface area (Å²) in [6, 6.07) is 22.6. The Kier molecular flexibility index (Phi) is 7.09. The van der Waals surface area contributed by atoms with Gasteiger partial charge in [0, 0.05) is 18.2 Å². The lowest BCUT2D eigenvalue weighted by Crippen LogP contribution is -2.32. The summed E-state index contributed by atoms with van der Waals surface area (Å²) in [4.78, 5) is 15.7. The van der Waals surface area contributed by atoms with Gasteiger partial charge in [0.25, 0.3) is 0 Å². The first-order chi connectivity index (χ1) is 16.7. The predicted molar refractivity (Wildman–Crippen MR) is 134 cm³/mol. The van der Waals surface area contributed by atoms with E-state index in [1.54, 1.807) is 36.4 Å². The molecular weight excluding hydrogens is 464 g/mol. The molecule has 0 aliphatic carbocycles. The number of carbonyl (C=O) groups is 1. The molecule has 2 N–H and O–H groups in total. The highest BCUT2D eigenvalue weighted by molar-refractivity contribution is 7.89. The van der Waals surface area contributed by atoms with E-state index in [4.69, 9.17) is 4.52 Å². The van der Waals surface area contributed by atoms with E-state index in [-0.39, 0.29) is 22.6 Å². The molecule has 4 aromatic rings. The second kappa shape index (κ2) is 10.2. The molecular formula is C26H26N4O4S. The van der Waals surface area contributed by atoms with Crippen LogP contribution >= 0.6 is 0 Å². The number of benzene rings is 3. The molecule has 3 aromatic carbocycles. The number of aromatic nitrogens is 2. The maximum absolute atomic E-state index is 13.2. The summed E-state index contributed by atoms with van der Waals surface area (Å²) >= 11 is 0. The van der Waals surface area contributed by atoms with Gasteiger partial charge < -0.3 is 9.84 Å². The Labute approximate surface area is 204 Å². The van der Waals surface area contributed by atoms with Crippen LogP contribution in [0.15, 0.2) is 88.3 Å². The van der Waals surface area contributed by atoms with Crippen molar-refractivity contribution in [3.63, 3.8) is 0 Å². The molecule has 0 radical (unpaired) electrons. The van der Waals surface area contributed by atoms with Crippen LogP contribution in [0, 0.1) is 5.92 Å². The molecule has 0 fully saturated rings. The van der Waals surface area contributed by atoms with E-state index in [0.29, 0.717) is 11.5 Å². The van der Waals surface area contributed by atoms with E-state index in [0.717, 1.165) is 16.7 Å². The van der Waals surface area contributed by atoms with Gasteiger partial charge in [0.1, 0.15) is 6.04 Å². The zero-order valence-electron chi connectivity index (χ0n) is 19.6. The largest absolute Gasteiger partial charge is 0.337 e. The summed E-state index contributed by atoms with van der Waals surface area (Å²) in [5, 5.41) is 6.74. The molecule has 0 saturated heterocycles. The van der Waals surface area contributed by atoms with E-state index in [9.17, 15) is 13.2 Å². The van der Waals surface area contributed by atoms with Crippen molar-refractivity contribution >= 4 is 21.6 Å². The minimum absolute atomic E-state index is 0.129. The Morgan fingerprint density at radius 3 is 2.03 bits per heavy atom. The van der Waals surface area contributed by atoms with E-state index in [1.165, 1.54) is 6.92 Å². The highest BCUT2D eigenvalue weighted by Gasteiger charge is 2.28. The van der Waals surface area contributed by atoms with Gasteiger partial charge in [-0.3, -0.25) is 4.79 Å². The van der Waals surface area contributed by atoms with Gasteiger partial charge in [-0.25, -0.2) is 8.42 Å². The van der Waals surface area contributed by atoms with Crippen molar-refractivity contribution in [1.29, 1.82) is 0 Å². The van der Waals surface area contributed by atoms with Crippen molar-refractivity contribution in [1.82, 2.24) is 14.9 Å². The molecule has 180 valence electrons. The zero-order valence-corrected chi connectivity index (χ0v) is 20.4. The quantitative estimate of drug-likeness (QED) is 0.358. The van der Waals surface area contributed by atoms with Gasteiger partial charge in [-0.1, -0.05) is 73.6 Å². The molecule has 0 aliphatic rings. The van der Waals surface area contributed by atoms with E-state index in [2.05, 4.69) is 20.2 Å². The van der Waals surface area contributed by atoms with Gasteiger partial charge >= 0.3 is 0 Å². The topological polar surface area (TPSA) is 114 Å². The van der Waals surface area contributed by atoms with Gasteiger partial charge in [0.05, 0.1) is 4.90 Å². The maximum atomic E-state index is 13.2. The van der Waals surface area contributed by atoms with Crippen LogP contribution < -0.4 is 10.0 Å². The van der Waals surface area contributed by atoms with Crippen molar-refractivity contribution < 1.29 is 17.7 Å². The lowest BCUT2D eigenvalue weighted by molar-refractivity contribution is -0.114. The van der Waals surface area contributed by atoms with Crippen molar-refractivity contribution in [2.45, 2.75) is 31.7 Å². The fraction of sp³-hybridized carbons (Fsp3) is 0.192. The SMILES string of the molecule is CC(=O)Nc1ccc(-c2ccc(S(=O)(=O)N[C@@H](c3nc(-c4ccccc4)no3)C(C)C)cc2)cc1. The summed E-state index contributed by atoms with van der Waals surface area (Å²) in [6.45, 7) is 5.21. The van der Waals surface area contributed by atoms with Crippen LogP contribution in [0.5, 0.6) is 0 Å². The minimum atomic E-state index is -3.85. The Morgan fingerprint density at radius 1 is 0.857 bits per heavy atom. The summed E-state index contributed by atoms with van der Waals surface area (Å²) in [5.41, 5.74) is 3.23.